The van der Waals surface area contributed by atoms with Gasteiger partial charge in [0.15, 0.2) is 5.78 Å². The number of ketones is 1. The summed E-state index contributed by atoms with van der Waals surface area (Å²) < 4.78 is 5.46. The third-order valence-electron chi connectivity index (χ3n) is 4.60. The van der Waals surface area contributed by atoms with Crippen LogP contribution in [0.5, 0.6) is 0 Å². The topological polar surface area (TPSA) is 26.3 Å². The Morgan fingerprint density at radius 3 is 2.90 bits per heavy atom. The van der Waals surface area contributed by atoms with Crippen molar-refractivity contribution in [1.82, 2.24) is 0 Å². The van der Waals surface area contributed by atoms with Gasteiger partial charge in [0.1, 0.15) is 0 Å². The predicted octanol–water partition coefficient (Wildman–Crippen LogP) is 4.91. The molecule has 0 fully saturated rings. The summed E-state index contributed by atoms with van der Waals surface area (Å²) in [5, 5.41) is 0. The highest BCUT2D eigenvalue weighted by molar-refractivity contribution is 5.92. The summed E-state index contributed by atoms with van der Waals surface area (Å²) in [6, 6.07) is 0. The Balaban J connectivity index is 1.67. The first-order chi connectivity index (χ1) is 10.2. The van der Waals surface area contributed by atoms with Crippen molar-refractivity contribution in [1.29, 1.82) is 0 Å². The molecular formula is C19H28O2. The highest BCUT2D eigenvalue weighted by atomic mass is 16.5. The molecule has 0 radical (unpaired) electrons. The lowest BCUT2D eigenvalue weighted by molar-refractivity contribution is -0.114. The zero-order chi connectivity index (χ0) is 15.1. The Kier molecular flexibility index (Phi) is 6.44. The number of methoxy groups -OCH3 is 1. The first-order valence-electron chi connectivity index (χ1n) is 8.26. The second kappa shape index (κ2) is 8.33. The van der Waals surface area contributed by atoms with Gasteiger partial charge in [-0.3, -0.25) is 4.79 Å². The lowest BCUT2D eigenvalue weighted by Crippen LogP contribution is -2.14. The Morgan fingerprint density at radius 1 is 1.33 bits per heavy atom. The molecule has 0 saturated heterocycles. The predicted molar refractivity (Wildman–Crippen MR) is 87.3 cm³/mol. The minimum absolute atomic E-state index is 0.309. The zero-order valence-corrected chi connectivity index (χ0v) is 13.5. The molecule has 0 aromatic heterocycles. The summed E-state index contributed by atoms with van der Waals surface area (Å²) in [6.07, 6.45) is 16.7. The molecule has 2 rings (SSSR count). The minimum atomic E-state index is 0.309. The quantitative estimate of drug-likeness (QED) is 0.622. The Bertz CT molecular complexity index is 454. The number of hydrogen-bond acceptors (Lipinski definition) is 2. The molecule has 2 aliphatic rings. The number of hydrogen-bond donors (Lipinski definition) is 0. The van der Waals surface area contributed by atoms with Crippen LogP contribution >= 0.6 is 0 Å². The van der Waals surface area contributed by atoms with Gasteiger partial charge in [-0.25, -0.2) is 0 Å². The van der Waals surface area contributed by atoms with E-state index < -0.39 is 0 Å². The van der Waals surface area contributed by atoms with Gasteiger partial charge < -0.3 is 4.74 Å². The van der Waals surface area contributed by atoms with E-state index in [1.54, 1.807) is 5.57 Å². The van der Waals surface area contributed by atoms with Crippen molar-refractivity contribution in [3.05, 3.63) is 34.9 Å². The van der Waals surface area contributed by atoms with E-state index in [4.69, 9.17) is 4.74 Å². The zero-order valence-electron chi connectivity index (χ0n) is 13.5. The van der Waals surface area contributed by atoms with Gasteiger partial charge in [-0.15, -0.1) is 0 Å². The van der Waals surface area contributed by atoms with E-state index in [0.29, 0.717) is 11.9 Å². The van der Waals surface area contributed by atoms with Crippen LogP contribution < -0.4 is 0 Å². The second-order valence-corrected chi connectivity index (χ2v) is 6.36. The van der Waals surface area contributed by atoms with Crippen molar-refractivity contribution in [2.75, 3.05) is 7.11 Å². The molecule has 1 atom stereocenters. The molecule has 0 amide bonds. The smallest absolute Gasteiger partial charge is 0.155 e. The molecule has 21 heavy (non-hydrogen) atoms. The van der Waals surface area contributed by atoms with Gasteiger partial charge in [-0.1, -0.05) is 28.9 Å². The van der Waals surface area contributed by atoms with E-state index in [-0.39, 0.29) is 0 Å². The minimum Gasteiger partial charge on any atom is -0.381 e. The van der Waals surface area contributed by atoms with Crippen molar-refractivity contribution in [3.63, 3.8) is 0 Å². The standard InChI is InChI=1S/C19H28O2/c1-15(9-10-17-11-12-18(20)13-17)5-3-6-16-7-4-8-19(14-16)21-2/h5,7,13,19H,3-4,6,8-12,14H2,1-2H3/b15-5+. The maximum atomic E-state index is 11.2. The summed E-state index contributed by atoms with van der Waals surface area (Å²) in [5.41, 5.74) is 4.35. The van der Waals surface area contributed by atoms with Crippen LogP contribution in [0.2, 0.25) is 0 Å². The number of allylic oxidation sites excluding steroid dienone is 5. The fourth-order valence-corrected chi connectivity index (χ4v) is 3.17. The second-order valence-electron chi connectivity index (χ2n) is 6.36. The summed E-state index contributed by atoms with van der Waals surface area (Å²) in [4.78, 5) is 11.2. The van der Waals surface area contributed by atoms with Crippen LogP contribution in [0.3, 0.4) is 0 Å². The fraction of sp³-hybridized carbons (Fsp3) is 0.632. The van der Waals surface area contributed by atoms with E-state index in [1.165, 1.54) is 30.4 Å². The number of ether oxygens (including phenoxy) is 1. The van der Waals surface area contributed by atoms with Crippen molar-refractivity contribution in [2.45, 2.75) is 70.8 Å². The average Bonchev–Trinajstić information content (AvgIpc) is 2.91. The van der Waals surface area contributed by atoms with Gasteiger partial charge in [-0.05, 0) is 64.4 Å². The molecule has 1 unspecified atom stereocenters. The highest BCUT2D eigenvalue weighted by Gasteiger charge is 2.14. The van der Waals surface area contributed by atoms with Crippen LogP contribution in [0.1, 0.15) is 64.7 Å². The van der Waals surface area contributed by atoms with Crippen molar-refractivity contribution >= 4 is 5.78 Å². The maximum absolute atomic E-state index is 11.2. The molecule has 2 heteroatoms. The van der Waals surface area contributed by atoms with E-state index >= 15 is 0 Å². The monoisotopic (exact) mass is 288 g/mol. The molecule has 0 heterocycles. The largest absolute Gasteiger partial charge is 0.381 e. The van der Waals surface area contributed by atoms with Crippen molar-refractivity contribution in [3.8, 4) is 0 Å². The SMILES string of the molecule is COC1CCC=C(CC/C=C(\C)CCC2=CC(=O)CC2)C1. The summed E-state index contributed by atoms with van der Waals surface area (Å²) in [5.74, 6) is 0.309. The maximum Gasteiger partial charge on any atom is 0.155 e. The van der Waals surface area contributed by atoms with Gasteiger partial charge in [0, 0.05) is 13.5 Å². The summed E-state index contributed by atoms with van der Waals surface area (Å²) in [7, 11) is 1.82. The normalized spacial score (nSPS) is 23.2. The van der Waals surface area contributed by atoms with E-state index in [1.807, 2.05) is 13.2 Å². The fourth-order valence-electron chi connectivity index (χ4n) is 3.17. The van der Waals surface area contributed by atoms with Crippen molar-refractivity contribution < 1.29 is 9.53 Å². The van der Waals surface area contributed by atoms with Crippen LogP contribution in [0.15, 0.2) is 34.9 Å². The molecule has 0 N–H and O–H groups in total. The number of carbonyl (C=O) groups is 1. The van der Waals surface area contributed by atoms with E-state index in [0.717, 1.165) is 38.5 Å². The number of rotatable bonds is 7. The van der Waals surface area contributed by atoms with Crippen LogP contribution in [0.25, 0.3) is 0 Å². The Morgan fingerprint density at radius 2 is 2.19 bits per heavy atom. The van der Waals surface area contributed by atoms with Gasteiger partial charge >= 0.3 is 0 Å². The van der Waals surface area contributed by atoms with Crippen LogP contribution in [-0.4, -0.2) is 19.0 Å². The third kappa shape index (κ3) is 5.62. The van der Waals surface area contributed by atoms with Gasteiger partial charge in [-0.2, -0.15) is 0 Å². The highest BCUT2D eigenvalue weighted by Crippen LogP contribution is 2.25. The first kappa shape index (κ1) is 16.2. The van der Waals surface area contributed by atoms with Crippen LogP contribution in [0.4, 0.5) is 0 Å². The van der Waals surface area contributed by atoms with Crippen LogP contribution in [-0.2, 0) is 9.53 Å². The molecule has 0 aromatic carbocycles. The van der Waals surface area contributed by atoms with Gasteiger partial charge in [0.25, 0.3) is 0 Å². The lowest BCUT2D eigenvalue weighted by atomic mass is 9.93. The molecule has 116 valence electrons. The van der Waals surface area contributed by atoms with Gasteiger partial charge in [0.2, 0.25) is 0 Å². The third-order valence-corrected chi connectivity index (χ3v) is 4.60. The van der Waals surface area contributed by atoms with Crippen molar-refractivity contribution in [2.24, 2.45) is 0 Å². The first-order valence-corrected chi connectivity index (χ1v) is 8.26. The molecule has 2 aliphatic carbocycles. The average molecular weight is 288 g/mol. The molecule has 0 spiro atoms. The van der Waals surface area contributed by atoms with E-state index in [2.05, 4.69) is 19.1 Å². The van der Waals surface area contributed by atoms with E-state index in [9.17, 15) is 4.79 Å². The van der Waals surface area contributed by atoms with Gasteiger partial charge in [0.05, 0.1) is 6.10 Å². The molecule has 2 nitrogen and oxygen atoms in total. The van der Waals surface area contributed by atoms with Crippen LogP contribution in [0, 0.1) is 0 Å². The molecule has 0 aliphatic heterocycles. The Hall–Kier alpha value is -1.15. The molecule has 0 aromatic rings. The molecule has 0 bridgehead atoms. The summed E-state index contributed by atoms with van der Waals surface area (Å²) >= 11 is 0. The molecular weight excluding hydrogens is 260 g/mol. The number of carbonyl (C=O) groups excluding carboxylic acids is 1. The lowest BCUT2D eigenvalue weighted by Gasteiger charge is -2.21. The summed E-state index contributed by atoms with van der Waals surface area (Å²) in [6.45, 7) is 2.21. The molecule has 0 saturated carbocycles. The Labute approximate surface area is 129 Å².